The maximum Gasteiger partial charge on any atom is 0.409 e. The van der Waals surface area contributed by atoms with E-state index in [4.69, 9.17) is 19.6 Å². The summed E-state index contributed by atoms with van der Waals surface area (Å²) in [6, 6.07) is 3.41. The van der Waals surface area contributed by atoms with E-state index in [1.165, 1.54) is 30.2 Å². The Balaban J connectivity index is 0.00000361. The number of nitrogens with one attached hydrogen (secondary N) is 1. The number of ether oxygens (including phenoxy) is 3. The molecule has 1 saturated carbocycles. The van der Waals surface area contributed by atoms with Crippen molar-refractivity contribution in [3.63, 3.8) is 0 Å². The molecule has 1 saturated heterocycles. The van der Waals surface area contributed by atoms with E-state index in [0.29, 0.717) is 37.6 Å². The van der Waals surface area contributed by atoms with Crippen molar-refractivity contribution in [3.05, 3.63) is 29.7 Å². The second-order valence-corrected chi connectivity index (χ2v) is 8.69. The van der Waals surface area contributed by atoms with Crippen molar-refractivity contribution in [1.29, 1.82) is 0 Å². The standard InChI is InChI=1S/C23H28F2N4O6.ClH/c1-12(26)19-18(20(30)27-15-7-8-29(10-15)23(31)32-2)28-21(35-19)14-5-6-16(34-22(24)25)17(9-14)33-11-13-3-4-13;/h5-6,9,12-13,15,22H,3-4,7-8,10-11,26H2,1-2H3,(H,27,30);1H/t12-,15?;/m0./s1. The fourth-order valence-electron chi connectivity index (χ4n) is 3.79. The zero-order chi connectivity index (χ0) is 25.1. The number of methoxy groups -OCH3 is 1. The van der Waals surface area contributed by atoms with Gasteiger partial charge in [-0.15, -0.1) is 12.4 Å². The predicted molar refractivity (Wildman–Crippen MR) is 126 cm³/mol. The maximum absolute atomic E-state index is 13.0. The fraction of sp³-hybridized carbons (Fsp3) is 0.522. The van der Waals surface area contributed by atoms with Crippen molar-refractivity contribution in [1.82, 2.24) is 15.2 Å². The molecule has 2 atom stereocenters. The SMILES string of the molecule is COC(=O)N1CCC(NC(=O)c2nc(-c3ccc(OC(F)F)c(OCC4CC4)c3)oc2[C@H](C)N)C1.Cl. The summed E-state index contributed by atoms with van der Waals surface area (Å²) in [5, 5.41) is 2.85. The molecule has 2 aromatic rings. The molecule has 1 aromatic heterocycles. The Bertz CT molecular complexity index is 1080. The molecule has 0 spiro atoms. The zero-order valence-electron chi connectivity index (χ0n) is 19.9. The van der Waals surface area contributed by atoms with Gasteiger partial charge in [-0.2, -0.15) is 8.78 Å². The number of alkyl halides is 2. The van der Waals surface area contributed by atoms with Crippen molar-refractivity contribution in [2.24, 2.45) is 11.7 Å². The number of likely N-dealkylation sites (tertiary alicyclic amines) is 1. The van der Waals surface area contributed by atoms with E-state index < -0.39 is 24.7 Å². The molecule has 2 amide bonds. The van der Waals surface area contributed by atoms with Crippen LogP contribution in [-0.2, 0) is 4.74 Å². The molecule has 0 bridgehead atoms. The molecule has 2 aliphatic rings. The second kappa shape index (κ2) is 11.7. The Hall–Kier alpha value is -3.12. The molecule has 4 rings (SSSR count). The molecule has 10 nitrogen and oxygen atoms in total. The molecule has 1 aromatic carbocycles. The minimum atomic E-state index is -3.00. The van der Waals surface area contributed by atoms with Gasteiger partial charge in [-0.25, -0.2) is 9.78 Å². The third-order valence-corrected chi connectivity index (χ3v) is 5.82. The third-order valence-electron chi connectivity index (χ3n) is 5.82. The van der Waals surface area contributed by atoms with E-state index in [0.717, 1.165) is 12.8 Å². The van der Waals surface area contributed by atoms with Crippen molar-refractivity contribution in [2.75, 3.05) is 26.8 Å². The van der Waals surface area contributed by atoms with E-state index >= 15 is 0 Å². The lowest BCUT2D eigenvalue weighted by molar-refractivity contribution is -0.0515. The third kappa shape index (κ3) is 6.55. The smallest absolute Gasteiger partial charge is 0.409 e. The van der Waals surface area contributed by atoms with Gasteiger partial charge in [0.25, 0.3) is 5.91 Å². The van der Waals surface area contributed by atoms with Crippen LogP contribution in [0.5, 0.6) is 11.5 Å². The van der Waals surface area contributed by atoms with Crippen LogP contribution in [0.3, 0.4) is 0 Å². The molecule has 3 N–H and O–H groups in total. The van der Waals surface area contributed by atoms with Gasteiger partial charge in [-0.05, 0) is 50.3 Å². The van der Waals surface area contributed by atoms with Crippen molar-refractivity contribution >= 4 is 24.4 Å². The largest absolute Gasteiger partial charge is 0.489 e. The quantitative estimate of drug-likeness (QED) is 0.501. The topological polar surface area (TPSA) is 129 Å². The Labute approximate surface area is 212 Å². The highest BCUT2D eigenvalue weighted by atomic mass is 35.5. The number of oxazole rings is 1. The van der Waals surface area contributed by atoms with Gasteiger partial charge in [0, 0.05) is 24.7 Å². The van der Waals surface area contributed by atoms with Crippen LogP contribution in [0.4, 0.5) is 13.6 Å². The van der Waals surface area contributed by atoms with Crippen LogP contribution < -0.4 is 20.5 Å². The first kappa shape index (κ1) is 27.5. The van der Waals surface area contributed by atoms with Gasteiger partial charge in [-0.3, -0.25) is 4.79 Å². The van der Waals surface area contributed by atoms with Crippen LogP contribution in [0.25, 0.3) is 11.5 Å². The van der Waals surface area contributed by atoms with Gasteiger partial charge in [0.15, 0.2) is 23.0 Å². The summed E-state index contributed by atoms with van der Waals surface area (Å²) in [5.41, 5.74) is 6.44. The Kier molecular flexibility index (Phi) is 8.96. The molecular weight excluding hydrogens is 502 g/mol. The first-order chi connectivity index (χ1) is 16.7. The minimum absolute atomic E-state index is 0. The van der Waals surface area contributed by atoms with Crippen LogP contribution in [0.15, 0.2) is 22.6 Å². The van der Waals surface area contributed by atoms with Gasteiger partial charge in [0.1, 0.15) is 0 Å². The van der Waals surface area contributed by atoms with Gasteiger partial charge >= 0.3 is 12.7 Å². The van der Waals surface area contributed by atoms with E-state index in [-0.39, 0.29) is 47.3 Å². The number of benzene rings is 1. The number of carbonyl (C=O) groups excluding carboxylic acids is 2. The van der Waals surface area contributed by atoms with Gasteiger partial charge in [-0.1, -0.05) is 0 Å². The lowest BCUT2D eigenvalue weighted by Gasteiger charge is -2.15. The highest BCUT2D eigenvalue weighted by Gasteiger charge is 2.31. The lowest BCUT2D eigenvalue weighted by Crippen LogP contribution is -2.39. The summed E-state index contributed by atoms with van der Waals surface area (Å²) in [5.74, 6) is 0.198. The minimum Gasteiger partial charge on any atom is -0.489 e. The lowest BCUT2D eigenvalue weighted by atomic mass is 10.2. The molecule has 36 heavy (non-hydrogen) atoms. The molecule has 2 fully saturated rings. The Morgan fingerprint density at radius 3 is 2.67 bits per heavy atom. The molecule has 1 aliphatic carbocycles. The van der Waals surface area contributed by atoms with Crippen LogP contribution in [-0.4, -0.2) is 61.3 Å². The summed E-state index contributed by atoms with van der Waals surface area (Å²) in [7, 11) is 1.30. The molecule has 0 radical (unpaired) electrons. The molecule has 2 heterocycles. The van der Waals surface area contributed by atoms with E-state index in [2.05, 4.69) is 15.0 Å². The highest BCUT2D eigenvalue weighted by molar-refractivity contribution is 5.94. The number of nitrogens with two attached hydrogens (primary N) is 1. The summed E-state index contributed by atoms with van der Waals surface area (Å²) in [4.78, 5) is 30.5. The van der Waals surface area contributed by atoms with Crippen molar-refractivity contribution < 1.29 is 37.0 Å². The molecule has 13 heteroatoms. The van der Waals surface area contributed by atoms with E-state index in [9.17, 15) is 18.4 Å². The van der Waals surface area contributed by atoms with Crippen molar-refractivity contribution in [2.45, 2.75) is 44.9 Å². The predicted octanol–water partition coefficient (Wildman–Crippen LogP) is 3.74. The molecule has 1 aliphatic heterocycles. The number of aromatic nitrogens is 1. The summed E-state index contributed by atoms with van der Waals surface area (Å²) in [6.45, 7) is -0.198. The van der Waals surface area contributed by atoms with E-state index in [1.54, 1.807) is 6.92 Å². The van der Waals surface area contributed by atoms with Crippen molar-refractivity contribution in [3.8, 4) is 23.0 Å². The molecular formula is C23H29ClF2N4O6. The normalized spacial score (nSPS) is 17.9. The number of carbonyl (C=O) groups is 2. The average molecular weight is 531 g/mol. The number of rotatable bonds is 9. The summed E-state index contributed by atoms with van der Waals surface area (Å²) >= 11 is 0. The van der Waals surface area contributed by atoms with Gasteiger partial charge < -0.3 is 34.6 Å². The number of halogens is 3. The number of hydrogen-bond donors (Lipinski definition) is 2. The van der Waals surface area contributed by atoms with Gasteiger partial charge in [0.05, 0.1) is 19.8 Å². The van der Waals surface area contributed by atoms with Crippen LogP contribution in [0.2, 0.25) is 0 Å². The molecule has 198 valence electrons. The Morgan fingerprint density at radius 1 is 1.28 bits per heavy atom. The number of nitrogens with zero attached hydrogens (tertiary/aromatic N) is 2. The van der Waals surface area contributed by atoms with E-state index in [1.807, 2.05) is 0 Å². The molecule has 1 unspecified atom stereocenters. The number of amides is 2. The highest BCUT2D eigenvalue weighted by Crippen LogP contribution is 2.37. The fourth-order valence-corrected chi connectivity index (χ4v) is 3.79. The second-order valence-electron chi connectivity index (χ2n) is 8.69. The Morgan fingerprint density at radius 2 is 2.03 bits per heavy atom. The monoisotopic (exact) mass is 530 g/mol. The van der Waals surface area contributed by atoms with Crippen LogP contribution in [0.1, 0.15) is 48.5 Å². The van der Waals surface area contributed by atoms with Crippen LogP contribution >= 0.6 is 12.4 Å². The average Bonchev–Trinajstić information content (AvgIpc) is 3.34. The zero-order valence-corrected chi connectivity index (χ0v) is 20.7. The first-order valence-electron chi connectivity index (χ1n) is 11.4. The summed E-state index contributed by atoms with van der Waals surface area (Å²) in [6.07, 6.45) is 2.16. The van der Waals surface area contributed by atoms with Gasteiger partial charge in [0.2, 0.25) is 5.89 Å². The van der Waals surface area contributed by atoms with Crippen LogP contribution in [0, 0.1) is 5.92 Å². The number of hydrogen-bond acceptors (Lipinski definition) is 8. The summed E-state index contributed by atoms with van der Waals surface area (Å²) < 4.78 is 46.5. The maximum atomic E-state index is 13.0. The first-order valence-corrected chi connectivity index (χ1v) is 11.4.